The lowest BCUT2D eigenvalue weighted by Gasteiger charge is -2.02. The van der Waals surface area contributed by atoms with Crippen molar-refractivity contribution in [2.75, 3.05) is 0 Å². The molecule has 7 heteroatoms. The van der Waals surface area contributed by atoms with Gasteiger partial charge in [-0.15, -0.1) is 5.10 Å². The average molecular weight is 274 g/mol. The van der Waals surface area contributed by atoms with Gasteiger partial charge in [-0.05, 0) is 29.0 Å². The summed E-state index contributed by atoms with van der Waals surface area (Å²) in [6.45, 7) is 2.96. The molecule has 3 aromatic rings. The van der Waals surface area contributed by atoms with E-state index in [0.717, 1.165) is 35.2 Å². The highest BCUT2D eigenvalue weighted by molar-refractivity contribution is 7.98. The monoisotopic (exact) mass is 274 g/mol. The molecule has 0 aromatic carbocycles. The van der Waals surface area contributed by atoms with Crippen LogP contribution in [0.5, 0.6) is 0 Å². The summed E-state index contributed by atoms with van der Waals surface area (Å²) in [6, 6.07) is 6.05. The molecule has 3 rings (SSSR count). The van der Waals surface area contributed by atoms with Crippen LogP contribution in [0.2, 0.25) is 0 Å². The molecule has 0 bridgehead atoms. The third-order valence-electron chi connectivity index (χ3n) is 2.78. The Labute approximate surface area is 114 Å². The molecule has 3 heterocycles. The van der Waals surface area contributed by atoms with E-state index < -0.39 is 0 Å². The molecule has 0 amide bonds. The molecule has 0 radical (unpaired) electrons. The Morgan fingerprint density at radius 3 is 3.16 bits per heavy atom. The van der Waals surface area contributed by atoms with E-state index in [4.69, 9.17) is 0 Å². The summed E-state index contributed by atoms with van der Waals surface area (Å²) in [4.78, 5) is 4.42. The van der Waals surface area contributed by atoms with E-state index in [9.17, 15) is 0 Å². The molecule has 0 N–H and O–H groups in total. The molecule has 0 aliphatic rings. The maximum Gasteiger partial charge on any atom is 0.173 e. The fraction of sp³-hybridized carbons (Fsp3) is 0.333. The second-order valence-corrected chi connectivity index (χ2v) is 5.09. The topological polar surface area (TPSA) is 60.9 Å². The third-order valence-corrected chi connectivity index (χ3v) is 3.74. The van der Waals surface area contributed by atoms with Gasteiger partial charge < -0.3 is 0 Å². The maximum absolute atomic E-state index is 4.42. The van der Waals surface area contributed by atoms with Gasteiger partial charge in [-0.25, -0.2) is 9.67 Å². The molecule has 19 heavy (non-hydrogen) atoms. The number of aromatic nitrogens is 6. The zero-order valence-corrected chi connectivity index (χ0v) is 11.4. The minimum atomic E-state index is 0.723. The summed E-state index contributed by atoms with van der Waals surface area (Å²) in [5, 5.41) is 12.7. The van der Waals surface area contributed by atoms with Crippen LogP contribution in [0, 0.1) is 0 Å². The summed E-state index contributed by atoms with van der Waals surface area (Å²) in [5.74, 6) is 1.61. The van der Waals surface area contributed by atoms with Crippen molar-refractivity contribution < 1.29 is 0 Å². The third kappa shape index (κ3) is 2.46. The van der Waals surface area contributed by atoms with Gasteiger partial charge in [0.25, 0.3) is 0 Å². The van der Waals surface area contributed by atoms with Gasteiger partial charge in [-0.3, -0.25) is 4.40 Å². The Morgan fingerprint density at radius 2 is 2.26 bits per heavy atom. The fourth-order valence-corrected chi connectivity index (χ4v) is 2.76. The first-order chi connectivity index (χ1) is 9.38. The van der Waals surface area contributed by atoms with Gasteiger partial charge in [0.15, 0.2) is 11.0 Å². The van der Waals surface area contributed by atoms with E-state index >= 15 is 0 Å². The quantitative estimate of drug-likeness (QED) is 0.666. The number of hydrogen-bond acceptors (Lipinski definition) is 5. The van der Waals surface area contributed by atoms with Gasteiger partial charge in [0.05, 0.1) is 17.5 Å². The van der Waals surface area contributed by atoms with Crippen LogP contribution < -0.4 is 0 Å². The van der Waals surface area contributed by atoms with Crippen molar-refractivity contribution in [2.45, 2.75) is 30.8 Å². The van der Waals surface area contributed by atoms with Gasteiger partial charge in [0.1, 0.15) is 0 Å². The molecule has 0 atom stereocenters. The summed E-state index contributed by atoms with van der Waals surface area (Å²) in [7, 11) is 0. The Morgan fingerprint density at radius 1 is 1.32 bits per heavy atom. The van der Waals surface area contributed by atoms with Gasteiger partial charge >= 0.3 is 0 Å². The first-order valence-corrected chi connectivity index (χ1v) is 7.17. The number of tetrazole rings is 1. The molecule has 0 saturated heterocycles. The SMILES string of the molecule is CCCn1nnnc1CSc1ncc2ccccn12. The van der Waals surface area contributed by atoms with E-state index in [2.05, 4.69) is 31.8 Å². The highest BCUT2D eigenvalue weighted by atomic mass is 32.2. The van der Waals surface area contributed by atoms with Crippen molar-refractivity contribution in [1.29, 1.82) is 0 Å². The summed E-state index contributed by atoms with van der Waals surface area (Å²) in [5.41, 5.74) is 1.10. The van der Waals surface area contributed by atoms with Crippen LogP contribution in [0.25, 0.3) is 5.52 Å². The van der Waals surface area contributed by atoms with Gasteiger partial charge in [0.2, 0.25) is 0 Å². The Kier molecular flexibility index (Phi) is 3.45. The van der Waals surface area contributed by atoms with Crippen LogP contribution in [0.4, 0.5) is 0 Å². The van der Waals surface area contributed by atoms with E-state index in [0.29, 0.717) is 0 Å². The molecule has 0 saturated carbocycles. The van der Waals surface area contributed by atoms with Crippen molar-refractivity contribution in [3.05, 3.63) is 36.4 Å². The molecule has 3 aromatic heterocycles. The second-order valence-electron chi connectivity index (χ2n) is 4.14. The number of thioether (sulfide) groups is 1. The number of aryl methyl sites for hydroxylation is 1. The number of imidazole rings is 1. The first kappa shape index (κ1) is 12.2. The minimum Gasteiger partial charge on any atom is -0.295 e. The molecule has 98 valence electrons. The smallest absolute Gasteiger partial charge is 0.173 e. The number of pyridine rings is 1. The summed E-state index contributed by atoms with van der Waals surface area (Å²) in [6.07, 6.45) is 4.91. The van der Waals surface area contributed by atoms with Crippen LogP contribution in [-0.4, -0.2) is 29.6 Å². The Bertz CT molecular complexity index is 673. The lowest BCUT2D eigenvalue weighted by molar-refractivity contribution is 0.564. The van der Waals surface area contributed by atoms with Gasteiger partial charge in [-0.2, -0.15) is 0 Å². The normalized spacial score (nSPS) is 11.2. The zero-order valence-electron chi connectivity index (χ0n) is 10.6. The van der Waals surface area contributed by atoms with Crippen molar-refractivity contribution in [2.24, 2.45) is 0 Å². The van der Waals surface area contributed by atoms with Crippen molar-refractivity contribution >= 4 is 17.3 Å². The predicted octanol–water partition coefficient (Wildman–Crippen LogP) is 2.02. The number of hydrogen-bond donors (Lipinski definition) is 0. The highest BCUT2D eigenvalue weighted by Crippen LogP contribution is 2.21. The molecule has 6 nitrogen and oxygen atoms in total. The first-order valence-electron chi connectivity index (χ1n) is 6.18. The van der Waals surface area contributed by atoms with Crippen LogP contribution >= 0.6 is 11.8 Å². The molecule has 0 aliphatic carbocycles. The molecular formula is C12H14N6S. The van der Waals surface area contributed by atoms with Crippen molar-refractivity contribution in [3.8, 4) is 0 Å². The summed E-state index contributed by atoms with van der Waals surface area (Å²) < 4.78 is 3.92. The molecule has 0 spiro atoms. The Balaban J connectivity index is 1.77. The molecular weight excluding hydrogens is 260 g/mol. The maximum atomic E-state index is 4.42. The molecule has 0 fully saturated rings. The average Bonchev–Trinajstić information content (AvgIpc) is 3.04. The van der Waals surface area contributed by atoms with Crippen LogP contribution in [0.15, 0.2) is 35.7 Å². The second kappa shape index (κ2) is 5.40. The summed E-state index contributed by atoms with van der Waals surface area (Å²) >= 11 is 1.64. The Hall–Kier alpha value is -1.89. The predicted molar refractivity (Wildman–Crippen MR) is 72.9 cm³/mol. The minimum absolute atomic E-state index is 0.723. The lowest BCUT2D eigenvalue weighted by Crippen LogP contribution is -2.04. The standard InChI is InChI=1S/C12H14N6S/c1-2-6-18-11(14-15-16-18)9-19-12-13-8-10-5-3-4-7-17(10)12/h3-5,7-8H,2,6,9H2,1H3. The van der Waals surface area contributed by atoms with Crippen LogP contribution in [-0.2, 0) is 12.3 Å². The zero-order chi connectivity index (χ0) is 13.1. The lowest BCUT2D eigenvalue weighted by atomic mass is 10.4. The van der Waals surface area contributed by atoms with Crippen LogP contribution in [0.1, 0.15) is 19.2 Å². The number of nitrogens with zero attached hydrogens (tertiary/aromatic N) is 6. The van der Waals surface area contributed by atoms with E-state index in [1.807, 2.05) is 35.3 Å². The van der Waals surface area contributed by atoms with Gasteiger partial charge in [-0.1, -0.05) is 24.8 Å². The van der Waals surface area contributed by atoms with Crippen molar-refractivity contribution in [3.63, 3.8) is 0 Å². The fourth-order valence-electron chi connectivity index (χ4n) is 1.87. The number of rotatable bonds is 5. The number of fused-ring (bicyclic) bond motifs is 1. The van der Waals surface area contributed by atoms with E-state index in [1.54, 1.807) is 11.8 Å². The van der Waals surface area contributed by atoms with Crippen LogP contribution in [0.3, 0.4) is 0 Å². The molecule has 0 unspecified atom stereocenters. The van der Waals surface area contributed by atoms with E-state index in [-0.39, 0.29) is 0 Å². The highest BCUT2D eigenvalue weighted by Gasteiger charge is 2.09. The van der Waals surface area contributed by atoms with Gasteiger partial charge in [0, 0.05) is 12.7 Å². The largest absolute Gasteiger partial charge is 0.295 e. The van der Waals surface area contributed by atoms with E-state index in [1.165, 1.54) is 0 Å². The van der Waals surface area contributed by atoms with Crippen molar-refractivity contribution in [1.82, 2.24) is 29.6 Å². The molecule has 0 aliphatic heterocycles.